The SMILES string of the molecule is O=C(O)[C@@H]1CCCc2nn(Cc3ccc(Cl)nc3)c(=O)n21. The van der Waals surface area contributed by atoms with E-state index in [4.69, 9.17) is 11.6 Å². The molecule has 0 saturated carbocycles. The van der Waals surface area contributed by atoms with Crippen molar-refractivity contribution in [3.8, 4) is 0 Å². The van der Waals surface area contributed by atoms with Gasteiger partial charge >= 0.3 is 11.7 Å². The maximum absolute atomic E-state index is 12.4. The predicted molar refractivity (Wildman–Crippen MR) is 74.4 cm³/mol. The lowest BCUT2D eigenvalue weighted by Gasteiger charge is -2.19. The lowest BCUT2D eigenvalue weighted by atomic mass is 10.1. The van der Waals surface area contributed by atoms with Crippen LogP contribution in [0.4, 0.5) is 0 Å². The molecular weight excluding hydrogens is 296 g/mol. The number of halogens is 1. The zero-order valence-electron chi connectivity index (χ0n) is 11.1. The number of hydrogen-bond acceptors (Lipinski definition) is 4. The Morgan fingerprint density at radius 3 is 2.95 bits per heavy atom. The Kier molecular flexibility index (Phi) is 3.50. The van der Waals surface area contributed by atoms with Crippen LogP contribution >= 0.6 is 11.6 Å². The van der Waals surface area contributed by atoms with Gasteiger partial charge < -0.3 is 5.11 Å². The highest BCUT2D eigenvalue weighted by Crippen LogP contribution is 2.21. The minimum absolute atomic E-state index is 0.245. The fraction of sp³-hybridized carbons (Fsp3) is 0.385. The first kappa shape index (κ1) is 13.8. The molecule has 0 aliphatic carbocycles. The molecule has 1 aliphatic heterocycles. The van der Waals surface area contributed by atoms with E-state index in [9.17, 15) is 14.7 Å². The van der Waals surface area contributed by atoms with Crippen molar-refractivity contribution in [2.75, 3.05) is 0 Å². The van der Waals surface area contributed by atoms with Crippen LogP contribution in [0, 0.1) is 0 Å². The number of fused-ring (bicyclic) bond motifs is 1. The molecule has 0 radical (unpaired) electrons. The first-order chi connectivity index (χ1) is 10.1. The molecule has 2 aromatic rings. The molecule has 0 saturated heterocycles. The van der Waals surface area contributed by atoms with Gasteiger partial charge in [0.05, 0.1) is 6.54 Å². The lowest BCUT2D eigenvalue weighted by Crippen LogP contribution is -2.34. The molecule has 0 spiro atoms. The molecule has 0 fully saturated rings. The molecule has 0 unspecified atom stereocenters. The van der Waals surface area contributed by atoms with Gasteiger partial charge in [-0.25, -0.2) is 19.3 Å². The van der Waals surface area contributed by atoms with Crippen molar-refractivity contribution in [3.63, 3.8) is 0 Å². The maximum Gasteiger partial charge on any atom is 0.347 e. The number of hydrogen-bond donors (Lipinski definition) is 1. The van der Waals surface area contributed by atoms with Gasteiger partial charge in [0.25, 0.3) is 0 Å². The number of nitrogens with zero attached hydrogens (tertiary/aromatic N) is 4. The minimum atomic E-state index is -0.995. The molecule has 7 nitrogen and oxygen atoms in total. The van der Waals surface area contributed by atoms with Gasteiger partial charge in [0.2, 0.25) is 0 Å². The van der Waals surface area contributed by atoms with Crippen LogP contribution in [-0.2, 0) is 17.8 Å². The highest BCUT2D eigenvalue weighted by atomic mass is 35.5. The third kappa shape index (κ3) is 2.56. The van der Waals surface area contributed by atoms with Crippen molar-refractivity contribution < 1.29 is 9.90 Å². The van der Waals surface area contributed by atoms with Crippen LogP contribution in [0.5, 0.6) is 0 Å². The van der Waals surface area contributed by atoms with Crippen LogP contribution in [0.1, 0.15) is 30.3 Å². The van der Waals surface area contributed by atoms with Gasteiger partial charge in [-0.05, 0) is 24.5 Å². The molecule has 0 amide bonds. The van der Waals surface area contributed by atoms with Crippen LogP contribution in [0.15, 0.2) is 23.1 Å². The van der Waals surface area contributed by atoms with E-state index in [1.165, 1.54) is 9.25 Å². The molecule has 0 bridgehead atoms. The third-order valence-electron chi connectivity index (χ3n) is 3.54. The highest BCUT2D eigenvalue weighted by Gasteiger charge is 2.30. The van der Waals surface area contributed by atoms with Crippen molar-refractivity contribution >= 4 is 17.6 Å². The topological polar surface area (TPSA) is 90.0 Å². The summed E-state index contributed by atoms with van der Waals surface area (Å²) < 4.78 is 2.57. The quantitative estimate of drug-likeness (QED) is 0.858. The first-order valence-corrected chi connectivity index (χ1v) is 6.95. The Balaban J connectivity index is 1.96. The highest BCUT2D eigenvalue weighted by molar-refractivity contribution is 6.29. The monoisotopic (exact) mass is 308 g/mol. The van der Waals surface area contributed by atoms with Gasteiger partial charge in [-0.2, -0.15) is 5.10 Å². The number of carboxylic acid groups (broad SMARTS) is 1. The van der Waals surface area contributed by atoms with E-state index in [1.807, 2.05) is 0 Å². The van der Waals surface area contributed by atoms with E-state index in [2.05, 4.69) is 10.1 Å². The molecule has 0 aromatic carbocycles. The molecule has 1 aliphatic rings. The summed E-state index contributed by atoms with van der Waals surface area (Å²) in [5.74, 6) is -0.466. The average molecular weight is 309 g/mol. The number of aliphatic carboxylic acids is 1. The zero-order chi connectivity index (χ0) is 15.0. The number of carbonyl (C=O) groups is 1. The zero-order valence-corrected chi connectivity index (χ0v) is 11.8. The van der Waals surface area contributed by atoms with Crippen LogP contribution in [-0.4, -0.2) is 30.4 Å². The Morgan fingerprint density at radius 1 is 1.48 bits per heavy atom. The van der Waals surface area contributed by atoms with E-state index in [0.29, 0.717) is 23.8 Å². The predicted octanol–water partition coefficient (Wildman–Crippen LogP) is 1.10. The van der Waals surface area contributed by atoms with Crippen molar-refractivity contribution in [2.24, 2.45) is 0 Å². The minimum Gasteiger partial charge on any atom is -0.480 e. The third-order valence-corrected chi connectivity index (χ3v) is 3.76. The molecular formula is C13H13ClN4O3. The van der Waals surface area contributed by atoms with Gasteiger partial charge in [-0.1, -0.05) is 17.7 Å². The lowest BCUT2D eigenvalue weighted by molar-refractivity contribution is -0.141. The van der Waals surface area contributed by atoms with E-state index in [1.54, 1.807) is 18.3 Å². The number of aromatic nitrogens is 4. The first-order valence-electron chi connectivity index (χ1n) is 6.57. The standard InChI is InChI=1S/C13H13ClN4O3/c14-10-5-4-8(6-15-10)7-17-13(21)18-9(12(19)20)2-1-3-11(18)16-17/h4-6,9H,1-3,7H2,(H,19,20)/t9-/m0/s1. The van der Waals surface area contributed by atoms with Crippen LogP contribution < -0.4 is 5.69 Å². The van der Waals surface area contributed by atoms with Crippen molar-refractivity contribution in [1.82, 2.24) is 19.3 Å². The van der Waals surface area contributed by atoms with E-state index >= 15 is 0 Å². The Labute approximate surface area is 124 Å². The van der Waals surface area contributed by atoms with Crippen molar-refractivity contribution in [2.45, 2.75) is 31.8 Å². The Morgan fingerprint density at radius 2 is 2.29 bits per heavy atom. The summed E-state index contributed by atoms with van der Waals surface area (Å²) in [5, 5.41) is 13.8. The molecule has 21 heavy (non-hydrogen) atoms. The Bertz CT molecular complexity index is 735. The average Bonchev–Trinajstić information content (AvgIpc) is 2.78. The number of carboxylic acids is 1. The van der Waals surface area contributed by atoms with Crippen molar-refractivity contribution in [3.05, 3.63) is 45.4 Å². The van der Waals surface area contributed by atoms with Crippen LogP contribution in [0.25, 0.3) is 0 Å². The summed E-state index contributed by atoms with van der Waals surface area (Å²) in [4.78, 5) is 27.6. The fourth-order valence-electron chi connectivity index (χ4n) is 2.54. The second-order valence-corrected chi connectivity index (χ2v) is 5.35. The molecule has 1 N–H and O–H groups in total. The summed E-state index contributed by atoms with van der Waals surface area (Å²) in [6, 6.07) is 2.57. The van der Waals surface area contributed by atoms with Crippen molar-refractivity contribution in [1.29, 1.82) is 0 Å². The second kappa shape index (κ2) is 5.33. The summed E-state index contributed by atoms with van der Waals surface area (Å²) in [7, 11) is 0. The van der Waals surface area contributed by atoms with Gasteiger partial charge in [-0.3, -0.25) is 4.57 Å². The van der Waals surface area contributed by atoms with Gasteiger partial charge in [0.15, 0.2) is 0 Å². The van der Waals surface area contributed by atoms with Gasteiger partial charge in [-0.15, -0.1) is 0 Å². The normalized spacial score (nSPS) is 17.5. The number of pyridine rings is 1. The summed E-state index contributed by atoms with van der Waals surface area (Å²) in [6.45, 7) is 0.245. The molecule has 1 atom stereocenters. The molecule has 3 heterocycles. The maximum atomic E-state index is 12.4. The van der Waals surface area contributed by atoms with Crippen LogP contribution in [0.2, 0.25) is 5.15 Å². The van der Waals surface area contributed by atoms with Gasteiger partial charge in [0, 0.05) is 12.6 Å². The number of rotatable bonds is 3. The van der Waals surface area contributed by atoms with Gasteiger partial charge in [0.1, 0.15) is 17.0 Å². The van der Waals surface area contributed by atoms with Crippen LogP contribution in [0.3, 0.4) is 0 Å². The largest absolute Gasteiger partial charge is 0.480 e. The second-order valence-electron chi connectivity index (χ2n) is 4.96. The Hall–Kier alpha value is -2.15. The summed E-state index contributed by atoms with van der Waals surface area (Å²) >= 11 is 5.72. The molecule has 110 valence electrons. The number of aryl methyl sites for hydroxylation is 1. The van der Waals surface area contributed by atoms with E-state index in [0.717, 1.165) is 12.0 Å². The summed E-state index contributed by atoms with van der Waals surface area (Å²) in [5.41, 5.74) is 0.385. The van der Waals surface area contributed by atoms with E-state index in [-0.39, 0.29) is 6.54 Å². The molecule has 8 heteroatoms. The van der Waals surface area contributed by atoms with E-state index < -0.39 is 17.7 Å². The fourth-order valence-corrected chi connectivity index (χ4v) is 2.65. The molecule has 3 rings (SSSR count). The molecule has 2 aromatic heterocycles. The smallest absolute Gasteiger partial charge is 0.347 e. The summed E-state index contributed by atoms with van der Waals surface area (Å²) in [6.07, 6.45) is 3.36.